The summed E-state index contributed by atoms with van der Waals surface area (Å²) in [7, 11) is 2.16. The van der Waals surface area contributed by atoms with Gasteiger partial charge in [-0.2, -0.15) is 0 Å². The topological polar surface area (TPSA) is 28.2 Å². The summed E-state index contributed by atoms with van der Waals surface area (Å²) in [4.78, 5) is 6.11. The van der Waals surface area contributed by atoms with Crippen molar-refractivity contribution in [3.63, 3.8) is 0 Å². The van der Waals surface area contributed by atoms with Gasteiger partial charge in [0.15, 0.2) is 11.6 Å². The van der Waals surface area contributed by atoms with Crippen molar-refractivity contribution in [1.29, 1.82) is 0 Å². The van der Waals surface area contributed by atoms with Gasteiger partial charge in [0.05, 0.1) is 6.20 Å². The molecule has 0 atom stereocenters. The molecule has 0 unspecified atom stereocenters. The fourth-order valence-corrected chi connectivity index (χ4v) is 2.78. The lowest BCUT2D eigenvalue weighted by atomic mass is 9.94. The largest absolute Gasteiger partial charge is 0.368 e. The molecule has 5 heteroatoms. The third-order valence-corrected chi connectivity index (χ3v) is 3.99. The zero-order valence-corrected chi connectivity index (χ0v) is 12.0. The number of halogens is 2. The Morgan fingerprint density at radius 3 is 2.75 bits per heavy atom. The zero-order chi connectivity index (χ0) is 14.4. The summed E-state index contributed by atoms with van der Waals surface area (Å²) in [5.41, 5.74) is 0. The predicted molar refractivity (Wildman–Crippen MR) is 76.8 cm³/mol. The van der Waals surface area contributed by atoms with E-state index >= 15 is 0 Å². The Morgan fingerprint density at radius 1 is 1.30 bits per heavy atom. The first-order valence-corrected chi connectivity index (χ1v) is 7.42. The monoisotopic (exact) mass is 283 g/mol. The Hall–Kier alpha value is -1.23. The lowest BCUT2D eigenvalue weighted by molar-refractivity contribution is 0.191. The first kappa shape index (κ1) is 15.2. The molecular formula is C15H23F2N3. The van der Waals surface area contributed by atoms with Crippen molar-refractivity contribution in [2.24, 2.45) is 0 Å². The second-order valence-corrected chi connectivity index (χ2v) is 5.54. The number of nitrogens with one attached hydrogen (secondary N) is 1. The molecule has 0 saturated heterocycles. The highest BCUT2D eigenvalue weighted by molar-refractivity contribution is 5.35. The van der Waals surface area contributed by atoms with Crippen molar-refractivity contribution >= 4 is 5.82 Å². The maximum atomic E-state index is 13.4. The van der Waals surface area contributed by atoms with Crippen LogP contribution in [0, 0.1) is 11.6 Å². The summed E-state index contributed by atoms with van der Waals surface area (Å²) < 4.78 is 26.1. The number of rotatable bonds is 6. The number of hydrogen-bond acceptors (Lipinski definition) is 3. The van der Waals surface area contributed by atoms with Gasteiger partial charge in [-0.25, -0.2) is 13.8 Å². The standard InChI is InChI=1S/C15H23F2N3/c1-20(13-6-3-2-4-7-13)9-5-8-18-15-14(17)10-12(16)11-19-15/h10-11,13H,2-9H2,1H3,(H,18,19). The average Bonchev–Trinajstić information content (AvgIpc) is 2.46. The van der Waals surface area contributed by atoms with Gasteiger partial charge in [-0.05, 0) is 32.9 Å². The Kier molecular flexibility index (Phi) is 5.71. The van der Waals surface area contributed by atoms with Crippen LogP contribution in [0.15, 0.2) is 12.3 Å². The first-order chi connectivity index (χ1) is 9.66. The maximum Gasteiger partial charge on any atom is 0.168 e. The number of nitrogens with zero attached hydrogens (tertiary/aromatic N) is 2. The molecule has 1 fully saturated rings. The van der Waals surface area contributed by atoms with Crippen molar-refractivity contribution in [3.05, 3.63) is 23.9 Å². The molecule has 0 bridgehead atoms. The average molecular weight is 283 g/mol. The van der Waals surface area contributed by atoms with Gasteiger partial charge in [0.25, 0.3) is 0 Å². The van der Waals surface area contributed by atoms with Gasteiger partial charge in [0.2, 0.25) is 0 Å². The van der Waals surface area contributed by atoms with Crippen molar-refractivity contribution in [3.8, 4) is 0 Å². The van der Waals surface area contributed by atoms with Crippen LogP contribution < -0.4 is 5.32 Å². The lowest BCUT2D eigenvalue weighted by Crippen LogP contribution is -2.34. The van der Waals surface area contributed by atoms with E-state index < -0.39 is 11.6 Å². The summed E-state index contributed by atoms with van der Waals surface area (Å²) in [6.07, 6.45) is 8.55. The van der Waals surface area contributed by atoms with Crippen LogP contribution in [0.2, 0.25) is 0 Å². The molecule has 1 N–H and O–H groups in total. The van der Waals surface area contributed by atoms with Crippen LogP contribution in [0.3, 0.4) is 0 Å². The van der Waals surface area contributed by atoms with Crippen molar-refractivity contribution in [2.75, 3.05) is 25.5 Å². The predicted octanol–water partition coefficient (Wildman–Crippen LogP) is 3.43. The normalized spacial score (nSPS) is 16.6. The quantitative estimate of drug-likeness (QED) is 0.811. The number of anilines is 1. The minimum Gasteiger partial charge on any atom is -0.368 e. The first-order valence-electron chi connectivity index (χ1n) is 7.42. The molecule has 1 saturated carbocycles. The van der Waals surface area contributed by atoms with Crippen LogP contribution in [0.5, 0.6) is 0 Å². The summed E-state index contributed by atoms with van der Waals surface area (Å²) in [6, 6.07) is 1.55. The molecular weight excluding hydrogens is 260 g/mol. The van der Waals surface area contributed by atoms with Crippen molar-refractivity contribution in [1.82, 2.24) is 9.88 Å². The van der Waals surface area contributed by atoms with E-state index in [9.17, 15) is 8.78 Å². The van der Waals surface area contributed by atoms with E-state index in [1.54, 1.807) is 0 Å². The summed E-state index contributed by atoms with van der Waals surface area (Å²) in [6.45, 7) is 1.63. The molecule has 2 rings (SSSR count). The molecule has 1 aliphatic rings. The summed E-state index contributed by atoms with van der Waals surface area (Å²) in [5, 5.41) is 2.92. The third-order valence-electron chi connectivity index (χ3n) is 3.99. The molecule has 1 aliphatic carbocycles. The smallest absolute Gasteiger partial charge is 0.168 e. The fourth-order valence-electron chi connectivity index (χ4n) is 2.78. The van der Waals surface area contributed by atoms with Gasteiger partial charge in [-0.3, -0.25) is 0 Å². The van der Waals surface area contributed by atoms with E-state index in [0.29, 0.717) is 12.6 Å². The van der Waals surface area contributed by atoms with E-state index in [-0.39, 0.29) is 5.82 Å². The van der Waals surface area contributed by atoms with Crippen molar-refractivity contribution < 1.29 is 8.78 Å². The molecule has 112 valence electrons. The second kappa shape index (κ2) is 7.53. The highest BCUT2D eigenvalue weighted by Crippen LogP contribution is 2.21. The molecule has 0 radical (unpaired) electrons. The van der Waals surface area contributed by atoms with E-state index in [4.69, 9.17) is 0 Å². The zero-order valence-electron chi connectivity index (χ0n) is 12.0. The van der Waals surface area contributed by atoms with Gasteiger partial charge < -0.3 is 10.2 Å². The Labute approximate surface area is 119 Å². The molecule has 3 nitrogen and oxygen atoms in total. The second-order valence-electron chi connectivity index (χ2n) is 5.54. The molecule has 20 heavy (non-hydrogen) atoms. The summed E-state index contributed by atoms with van der Waals surface area (Å²) in [5.74, 6) is -1.15. The molecule has 0 aliphatic heterocycles. The number of pyridine rings is 1. The van der Waals surface area contributed by atoms with Gasteiger partial charge in [0, 0.05) is 18.7 Å². The Morgan fingerprint density at radius 2 is 2.05 bits per heavy atom. The summed E-state index contributed by atoms with van der Waals surface area (Å²) >= 11 is 0. The van der Waals surface area contributed by atoms with Gasteiger partial charge in [0.1, 0.15) is 5.82 Å². The maximum absolute atomic E-state index is 13.4. The number of hydrogen-bond donors (Lipinski definition) is 1. The van der Waals surface area contributed by atoms with E-state index in [0.717, 1.165) is 25.2 Å². The molecule has 1 heterocycles. The minimum absolute atomic E-state index is 0.131. The van der Waals surface area contributed by atoms with E-state index in [2.05, 4.69) is 22.2 Å². The Bertz CT molecular complexity index is 420. The van der Waals surface area contributed by atoms with Gasteiger partial charge in [-0.1, -0.05) is 19.3 Å². The fraction of sp³-hybridized carbons (Fsp3) is 0.667. The lowest BCUT2D eigenvalue weighted by Gasteiger charge is -2.31. The van der Waals surface area contributed by atoms with E-state index in [1.165, 1.54) is 32.1 Å². The molecule has 0 spiro atoms. The van der Waals surface area contributed by atoms with Gasteiger partial charge >= 0.3 is 0 Å². The van der Waals surface area contributed by atoms with E-state index in [1.807, 2.05) is 0 Å². The molecule has 0 aromatic carbocycles. The Balaban J connectivity index is 1.68. The number of aromatic nitrogens is 1. The van der Waals surface area contributed by atoms with Gasteiger partial charge in [-0.15, -0.1) is 0 Å². The third kappa shape index (κ3) is 4.40. The van der Waals surface area contributed by atoms with Crippen molar-refractivity contribution in [2.45, 2.75) is 44.6 Å². The molecule has 1 aromatic rings. The molecule has 1 aromatic heterocycles. The molecule has 0 amide bonds. The SMILES string of the molecule is CN(CCCNc1ncc(F)cc1F)C1CCCCC1. The van der Waals surface area contributed by atoms with Crippen LogP contribution >= 0.6 is 0 Å². The highest BCUT2D eigenvalue weighted by Gasteiger charge is 2.17. The highest BCUT2D eigenvalue weighted by atomic mass is 19.1. The minimum atomic E-state index is -0.648. The van der Waals surface area contributed by atoms with Crippen LogP contribution in [-0.4, -0.2) is 36.1 Å². The van der Waals surface area contributed by atoms with Crippen LogP contribution in [-0.2, 0) is 0 Å². The van der Waals surface area contributed by atoms with Crippen LogP contribution in [0.4, 0.5) is 14.6 Å². The van der Waals surface area contributed by atoms with Crippen LogP contribution in [0.25, 0.3) is 0 Å². The van der Waals surface area contributed by atoms with Crippen LogP contribution in [0.1, 0.15) is 38.5 Å².